The third-order valence-electron chi connectivity index (χ3n) is 3.84. The van der Waals surface area contributed by atoms with E-state index in [-0.39, 0.29) is 17.9 Å². The number of rotatable bonds is 3. The molecule has 106 valence electrons. The number of carbonyl (C=O) groups is 2. The van der Waals surface area contributed by atoms with Crippen LogP contribution < -0.4 is 0 Å². The molecule has 2 amide bonds. The molecule has 1 N–H and O–H groups in total. The van der Waals surface area contributed by atoms with E-state index in [4.69, 9.17) is 0 Å². The molecule has 1 aromatic heterocycles. The second-order valence-electron chi connectivity index (χ2n) is 5.14. The number of hydrogen-bond acceptors (Lipinski definition) is 4. The van der Waals surface area contributed by atoms with Gasteiger partial charge in [0.05, 0.1) is 17.7 Å². The summed E-state index contributed by atoms with van der Waals surface area (Å²) in [5.41, 5.74) is -0.00549. The first-order valence-corrected chi connectivity index (χ1v) is 6.60. The van der Waals surface area contributed by atoms with E-state index in [1.54, 1.807) is 43.3 Å². The molecular formula is C16H14N2O3. The van der Waals surface area contributed by atoms with Gasteiger partial charge >= 0.3 is 0 Å². The fourth-order valence-corrected chi connectivity index (χ4v) is 2.60. The van der Waals surface area contributed by atoms with Gasteiger partial charge in [-0.2, -0.15) is 0 Å². The van der Waals surface area contributed by atoms with Gasteiger partial charge in [-0.25, -0.2) is 0 Å². The van der Waals surface area contributed by atoms with E-state index in [1.165, 1.54) is 6.20 Å². The number of fused-ring (bicyclic) bond motifs is 1. The lowest BCUT2D eigenvalue weighted by atomic mass is 9.91. The van der Waals surface area contributed by atoms with Crippen LogP contribution in [0.3, 0.4) is 0 Å². The highest BCUT2D eigenvalue weighted by atomic mass is 16.3. The maximum absolute atomic E-state index is 12.5. The van der Waals surface area contributed by atoms with Crippen LogP contribution in [0.5, 0.6) is 0 Å². The molecule has 0 saturated heterocycles. The number of aliphatic hydroxyl groups is 1. The molecule has 1 unspecified atom stereocenters. The molecule has 1 atom stereocenters. The van der Waals surface area contributed by atoms with Crippen molar-refractivity contribution in [2.75, 3.05) is 6.61 Å². The molecule has 21 heavy (non-hydrogen) atoms. The number of aromatic nitrogens is 1. The fraction of sp³-hybridized carbons (Fsp3) is 0.188. The molecule has 0 fully saturated rings. The molecule has 1 aliphatic heterocycles. The highest BCUT2D eigenvalue weighted by Crippen LogP contribution is 2.34. The predicted octanol–water partition coefficient (Wildman–Crippen LogP) is 1.59. The van der Waals surface area contributed by atoms with Crippen LogP contribution in [0.1, 0.15) is 33.3 Å². The smallest absolute Gasteiger partial charge is 0.281 e. The summed E-state index contributed by atoms with van der Waals surface area (Å²) in [5.74, 6) is -0.903. The molecule has 3 rings (SSSR count). The van der Waals surface area contributed by atoms with Gasteiger partial charge in [-0.3, -0.25) is 19.5 Å². The summed E-state index contributed by atoms with van der Waals surface area (Å²) in [6, 6.07) is 12.2. The molecular weight excluding hydrogens is 268 g/mol. The first kappa shape index (κ1) is 13.5. The van der Waals surface area contributed by atoms with Gasteiger partial charge in [-0.1, -0.05) is 30.3 Å². The summed E-state index contributed by atoms with van der Waals surface area (Å²) in [6.45, 7) is 1.31. The quantitative estimate of drug-likeness (QED) is 0.868. The molecule has 0 radical (unpaired) electrons. The second-order valence-corrected chi connectivity index (χ2v) is 5.14. The van der Waals surface area contributed by atoms with Crippen molar-refractivity contribution in [2.45, 2.75) is 12.5 Å². The fourth-order valence-electron chi connectivity index (χ4n) is 2.60. The number of aliphatic hydroxyl groups excluding tert-OH is 1. The highest BCUT2D eigenvalue weighted by molar-refractivity contribution is 6.20. The standard InChI is InChI=1S/C16H14N2O3/c1-16(10-19,11-6-3-2-4-7-11)18-14(20)12-8-5-9-17-13(12)15(18)21/h2-9,19H,10H2,1H3. The van der Waals surface area contributed by atoms with Crippen LogP contribution in [0.2, 0.25) is 0 Å². The van der Waals surface area contributed by atoms with Crippen molar-refractivity contribution in [3.8, 4) is 0 Å². The van der Waals surface area contributed by atoms with Crippen molar-refractivity contribution in [3.63, 3.8) is 0 Å². The Labute approximate surface area is 121 Å². The number of carbonyl (C=O) groups excluding carboxylic acids is 2. The monoisotopic (exact) mass is 282 g/mol. The zero-order valence-electron chi connectivity index (χ0n) is 11.5. The molecule has 5 nitrogen and oxygen atoms in total. The Hall–Kier alpha value is -2.53. The Kier molecular flexibility index (Phi) is 3.07. The Morgan fingerprint density at radius 2 is 1.81 bits per heavy atom. The van der Waals surface area contributed by atoms with Crippen LogP contribution in [-0.4, -0.2) is 33.4 Å². The number of hydrogen-bond donors (Lipinski definition) is 1. The zero-order chi connectivity index (χ0) is 15.0. The second kappa shape index (κ2) is 4.79. The first-order chi connectivity index (χ1) is 10.1. The number of imide groups is 1. The maximum atomic E-state index is 12.5. The Balaban J connectivity index is 2.12. The van der Waals surface area contributed by atoms with E-state index >= 15 is 0 Å². The summed E-state index contributed by atoms with van der Waals surface area (Å²) in [7, 11) is 0. The lowest BCUT2D eigenvalue weighted by Crippen LogP contribution is -2.50. The van der Waals surface area contributed by atoms with Crippen molar-refractivity contribution in [3.05, 3.63) is 65.5 Å². The highest BCUT2D eigenvalue weighted by Gasteiger charge is 2.47. The molecule has 2 aromatic rings. The SMILES string of the molecule is CC(CO)(c1ccccc1)N1C(=O)c2cccnc2C1=O. The number of pyridine rings is 1. The molecule has 0 aliphatic carbocycles. The van der Waals surface area contributed by atoms with Crippen LogP contribution in [0.4, 0.5) is 0 Å². The molecule has 1 aliphatic rings. The van der Waals surface area contributed by atoms with E-state index in [1.807, 2.05) is 6.07 Å². The van der Waals surface area contributed by atoms with Gasteiger partial charge in [-0.05, 0) is 24.6 Å². The summed E-state index contributed by atoms with van der Waals surface area (Å²) in [6.07, 6.45) is 1.48. The van der Waals surface area contributed by atoms with Crippen molar-refractivity contribution in [1.29, 1.82) is 0 Å². The molecule has 0 saturated carbocycles. The van der Waals surface area contributed by atoms with Gasteiger partial charge in [0, 0.05) is 6.20 Å². The number of amides is 2. The molecule has 1 aromatic carbocycles. The third-order valence-corrected chi connectivity index (χ3v) is 3.84. The van der Waals surface area contributed by atoms with Crippen molar-refractivity contribution >= 4 is 11.8 Å². The van der Waals surface area contributed by atoms with Gasteiger partial charge < -0.3 is 5.11 Å². The summed E-state index contributed by atoms with van der Waals surface area (Å²) in [5, 5.41) is 9.85. The zero-order valence-corrected chi connectivity index (χ0v) is 11.5. The van der Waals surface area contributed by atoms with Crippen LogP contribution in [0.25, 0.3) is 0 Å². The Bertz CT molecular complexity index is 679. The lowest BCUT2D eigenvalue weighted by molar-refractivity contribution is 0.0290. The topological polar surface area (TPSA) is 70.5 Å². The van der Waals surface area contributed by atoms with Crippen molar-refractivity contribution in [2.24, 2.45) is 0 Å². The van der Waals surface area contributed by atoms with Gasteiger partial charge in [0.15, 0.2) is 0 Å². The van der Waals surface area contributed by atoms with Crippen LogP contribution in [0, 0.1) is 0 Å². The van der Waals surface area contributed by atoms with E-state index in [0.29, 0.717) is 5.56 Å². The van der Waals surface area contributed by atoms with Crippen LogP contribution in [-0.2, 0) is 5.54 Å². The van der Waals surface area contributed by atoms with E-state index in [2.05, 4.69) is 4.98 Å². The third kappa shape index (κ3) is 1.86. The summed E-state index contributed by atoms with van der Waals surface area (Å²) in [4.78, 5) is 30.1. The largest absolute Gasteiger partial charge is 0.394 e. The summed E-state index contributed by atoms with van der Waals surface area (Å²) >= 11 is 0. The normalized spacial score (nSPS) is 16.8. The molecule has 5 heteroatoms. The van der Waals surface area contributed by atoms with Crippen molar-refractivity contribution < 1.29 is 14.7 Å². The minimum Gasteiger partial charge on any atom is -0.394 e. The van der Waals surface area contributed by atoms with E-state index < -0.39 is 17.4 Å². The lowest BCUT2D eigenvalue weighted by Gasteiger charge is -2.36. The van der Waals surface area contributed by atoms with Crippen molar-refractivity contribution in [1.82, 2.24) is 9.88 Å². The maximum Gasteiger partial charge on any atom is 0.281 e. The van der Waals surface area contributed by atoms with Crippen LogP contribution in [0.15, 0.2) is 48.7 Å². The first-order valence-electron chi connectivity index (χ1n) is 6.60. The molecule has 0 bridgehead atoms. The average molecular weight is 282 g/mol. The van der Waals surface area contributed by atoms with Gasteiger partial charge in [0.25, 0.3) is 11.8 Å². The predicted molar refractivity (Wildman–Crippen MR) is 75.6 cm³/mol. The van der Waals surface area contributed by atoms with Gasteiger partial charge in [0.2, 0.25) is 0 Å². The number of benzene rings is 1. The summed E-state index contributed by atoms with van der Waals surface area (Å²) < 4.78 is 0. The van der Waals surface area contributed by atoms with E-state index in [0.717, 1.165) is 4.90 Å². The minimum absolute atomic E-state index is 0.137. The van der Waals surface area contributed by atoms with E-state index in [9.17, 15) is 14.7 Å². The van der Waals surface area contributed by atoms with Gasteiger partial charge in [-0.15, -0.1) is 0 Å². The Morgan fingerprint density at radius 3 is 2.43 bits per heavy atom. The average Bonchev–Trinajstić information content (AvgIpc) is 2.80. The Morgan fingerprint density at radius 1 is 1.10 bits per heavy atom. The number of nitrogens with zero attached hydrogens (tertiary/aromatic N) is 2. The van der Waals surface area contributed by atoms with Crippen LogP contribution >= 0.6 is 0 Å². The molecule has 0 spiro atoms. The van der Waals surface area contributed by atoms with Gasteiger partial charge in [0.1, 0.15) is 5.69 Å². The molecule has 2 heterocycles. The minimum atomic E-state index is -1.11.